The molecule has 0 atom stereocenters. The van der Waals surface area contributed by atoms with Crippen molar-refractivity contribution in [1.29, 1.82) is 0 Å². The molecule has 0 aliphatic heterocycles. The summed E-state index contributed by atoms with van der Waals surface area (Å²) >= 11 is 1.54. The smallest absolute Gasteiger partial charge is 0.270 e. The molecular formula is C13H16N4OS. The third kappa shape index (κ3) is 3.51. The lowest BCUT2D eigenvalue weighted by Crippen LogP contribution is -2.23. The number of pyridine rings is 1. The number of thiazole rings is 1. The molecule has 1 amide bonds. The van der Waals surface area contributed by atoms with Crippen molar-refractivity contribution in [2.75, 3.05) is 11.9 Å². The van der Waals surface area contributed by atoms with Crippen LogP contribution in [-0.4, -0.2) is 22.4 Å². The molecule has 0 spiro atoms. The highest BCUT2D eigenvalue weighted by Crippen LogP contribution is 2.11. The Bertz CT molecular complexity index is 550. The summed E-state index contributed by atoms with van der Waals surface area (Å²) in [6, 6.07) is 3.57. The highest BCUT2D eigenvalue weighted by atomic mass is 32.1. The van der Waals surface area contributed by atoms with Gasteiger partial charge >= 0.3 is 0 Å². The predicted molar refractivity (Wildman–Crippen MR) is 76.4 cm³/mol. The molecular weight excluding hydrogens is 260 g/mol. The highest BCUT2D eigenvalue weighted by molar-refractivity contribution is 7.09. The monoisotopic (exact) mass is 276 g/mol. The van der Waals surface area contributed by atoms with E-state index in [1.165, 1.54) is 11.3 Å². The van der Waals surface area contributed by atoms with Gasteiger partial charge in [-0.2, -0.15) is 0 Å². The van der Waals surface area contributed by atoms with Crippen LogP contribution in [0.5, 0.6) is 0 Å². The van der Waals surface area contributed by atoms with Crippen LogP contribution < -0.4 is 10.6 Å². The van der Waals surface area contributed by atoms with Gasteiger partial charge in [0.15, 0.2) is 0 Å². The molecule has 0 radical (unpaired) electrons. The van der Waals surface area contributed by atoms with Gasteiger partial charge in [-0.25, -0.2) is 9.97 Å². The number of nitrogens with zero attached hydrogens (tertiary/aromatic N) is 2. The summed E-state index contributed by atoms with van der Waals surface area (Å²) in [5.74, 6) is -0.171. The first-order chi connectivity index (χ1) is 9.20. The topological polar surface area (TPSA) is 66.9 Å². The summed E-state index contributed by atoms with van der Waals surface area (Å²) in [6.45, 7) is 5.27. The molecule has 0 fully saturated rings. The minimum absolute atomic E-state index is 0.171. The number of anilines is 1. The Labute approximate surface area is 116 Å². The molecule has 0 aliphatic carbocycles. The van der Waals surface area contributed by atoms with E-state index in [0.29, 0.717) is 12.2 Å². The third-order valence-electron chi connectivity index (χ3n) is 2.63. The Hall–Kier alpha value is -1.95. The summed E-state index contributed by atoms with van der Waals surface area (Å²) in [5, 5.41) is 5.98. The van der Waals surface area contributed by atoms with Crippen molar-refractivity contribution in [3.63, 3.8) is 0 Å². The van der Waals surface area contributed by atoms with E-state index in [0.717, 1.165) is 22.8 Å². The van der Waals surface area contributed by atoms with Gasteiger partial charge in [-0.15, -0.1) is 11.3 Å². The Morgan fingerprint density at radius 2 is 2.21 bits per heavy atom. The molecule has 2 rings (SSSR count). The van der Waals surface area contributed by atoms with Crippen molar-refractivity contribution < 1.29 is 4.79 Å². The van der Waals surface area contributed by atoms with E-state index in [1.807, 2.05) is 19.9 Å². The van der Waals surface area contributed by atoms with E-state index < -0.39 is 0 Å². The van der Waals surface area contributed by atoms with Crippen LogP contribution in [0.3, 0.4) is 0 Å². The number of carbonyl (C=O) groups is 1. The number of hydrogen-bond acceptors (Lipinski definition) is 5. The van der Waals surface area contributed by atoms with E-state index in [2.05, 4.69) is 20.6 Å². The third-order valence-corrected chi connectivity index (χ3v) is 3.57. The molecule has 0 bridgehead atoms. The summed E-state index contributed by atoms with van der Waals surface area (Å²) in [7, 11) is 0. The van der Waals surface area contributed by atoms with Crippen LogP contribution in [0, 0.1) is 6.92 Å². The summed E-state index contributed by atoms with van der Waals surface area (Å²) in [4.78, 5) is 21.3. The van der Waals surface area contributed by atoms with Crippen LogP contribution in [-0.2, 0) is 6.54 Å². The van der Waals surface area contributed by atoms with Crippen molar-refractivity contribution in [3.8, 4) is 0 Å². The summed E-state index contributed by atoms with van der Waals surface area (Å²) in [5.41, 5.74) is 4.07. The van der Waals surface area contributed by atoms with Crippen LogP contribution in [0.4, 0.5) is 5.69 Å². The second kappa shape index (κ2) is 6.29. The van der Waals surface area contributed by atoms with Crippen molar-refractivity contribution in [1.82, 2.24) is 15.3 Å². The normalized spacial score (nSPS) is 10.2. The molecule has 100 valence electrons. The van der Waals surface area contributed by atoms with Crippen molar-refractivity contribution in [3.05, 3.63) is 40.1 Å². The molecule has 6 heteroatoms. The van der Waals surface area contributed by atoms with Gasteiger partial charge < -0.3 is 10.6 Å². The van der Waals surface area contributed by atoms with Gasteiger partial charge in [0.2, 0.25) is 0 Å². The summed E-state index contributed by atoms with van der Waals surface area (Å²) < 4.78 is 0. The Kier molecular flexibility index (Phi) is 4.46. The maximum absolute atomic E-state index is 11.9. The predicted octanol–water partition coefficient (Wildman–Crippen LogP) is 2.21. The van der Waals surface area contributed by atoms with Gasteiger partial charge in [0.25, 0.3) is 5.91 Å². The number of aromatic nitrogens is 2. The first-order valence-corrected chi connectivity index (χ1v) is 6.95. The fourth-order valence-corrected chi connectivity index (χ4v) is 2.30. The second-order valence-corrected chi connectivity index (χ2v) is 4.95. The molecule has 2 heterocycles. The zero-order chi connectivity index (χ0) is 13.7. The lowest BCUT2D eigenvalue weighted by Gasteiger charge is -2.05. The molecule has 0 aromatic carbocycles. The van der Waals surface area contributed by atoms with E-state index in [-0.39, 0.29) is 5.91 Å². The van der Waals surface area contributed by atoms with Gasteiger partial charge in [-0.05, 0) is 26.0 Å². The van der Waals surface area contributed by atoms with Gasteiger partial charge in [0, 0.05) is 11.4 Å². The van der Waals surface area contributed by atoms with Gasteiger partial charge in [-0.1, -0.05) is 0 Å². The number of nitrogens with one attached hydrogen (secondary N) is 2. The van der Waals surface area contributed by atoms with Gasteiger partial charge in [-0.3, -0.25) is 4.79 Å². The SMILES string of the molecule is CCNc1ccc(C(=O)NCc2scnc2C)nc1. The molecule has 0 saturated carbocycles. The molecule has 0 aliphatic rings. The average Bonchev–Trinajstić information content (AvgIpc) is 2.83. The van der Waals surface area contributed by atoms with Crippen LogP contribution in [0.25, 0.3) is 0 Å². The van der Waals surface area contributed by atoms with Crippen molar-refractivity contribution >= 4 is 22.9 Å². The van der Waals surface area contributed by atoms with Crippen molar-refractivity contribution in [2.24, 2.45) is 0 Å². The minimum atomic E-state index is -0.171. The number of aryl methyl sites for hydroxylation is 1. The number of amides is 1. The quantitative estimate of drug-likeness (QED) is 0.878. The second-order valence-electron chi connectivity index (χ2n) is 4.01. The molecule has 19 heavy (non-hydrogen) atoms. The van der Waals surface area contributed by atoms with E-state index >= 15 is 0 Å². The summed E-state index contributed by atoms with van der Waals surface area (Å²) in [6.07, 6.45) is 1.66. The average molecular weight is 276 g/mol. The first-order valence-electron chi connectivity index (χ1n) is 6.07. The standard InChI is InChI=1S/C13H16N4OS/c1-3-14-10-4-5-11(15-6-10)13(18)16-7-12-9(2)17-8-19-12/h4-6,8,14H,3,7H2,1-2H3,(H,16,18). The number of hydrogen-bond donors (Lipinski definition) is 2. The maximum atomic E-state index is 11.9. The highest BCUT2D eigenvalue weighted by Gasteiger charge is 2.08. The number of carbonyl (C=O) groups excluding carboxylic acids is 1. The fraction of sp³-hybridized carbons (Fsp3) is 0.308. The molecule has 2 aromatic rings. The molecule has 0 saturated heterocycles. The van der Waals surface area contributed by atoms with E-state index in [4.69, 9.17) is 0 Å². The maximum Gasteiger partial charge on any atom is 0.270 e. The molecule has 5 nitrogen and oxygen atoms in total. The fourth-order valence-electron chi connectivity index (χ4n) is 1.58. The van der Waals surface area contributed by atoms with E-state index in [9.17, 15) is 4.79 Å². The zero-order valence-corrected chi connectivity index (χ0v) is 11.8. The Balaban J connectivity index is 1.94. The largest absolute Gasteiger partial charge is 0.384 e. The number of rotatable bonds is 5. The first kappa shape index (κ1) is 13.5. The Morgan fingerprint density at radius 3 is 2.79 bits per heavy atom. The Morgan fingerprint density at radius 1 is 1.37 bits per heavy atom. The van der Waals surface area contributed by atoms with Crippen LogP contribution in [0.1, 0.15) is 28.0 Å². The van der Waals surface area contributed by atoms with Crippen LogP contribution >= 0.6 is 11.3 Å². The lowest BCUT2D eigenvalue weighted by atomic mass is 10.3. The molecule has 2 aromatic heterocycles. The molecule has 2 N–H and O–H groups in total. The molecule has 0 unspecified atom stereocenters. The van der Waals surface area contributed by atoms with Gasteiger partial charge in [0.1, 0.15) is 5.69 Å². The van der Waals surface area contributed by atoms with E-state index in [1.54, 1.807) is 17.8 Å². The lowest BCUT2D eigenvalue weighted by molar-refractivity contribution is 0.0946. The minimum Gasteiger partial charge on any atom is -0.384 e. The van der Waals surface area contributed by atoms with Gasteiger partial charge in [0.05, 0.1) is 29.6 Å². The zero-order valence-electron chi connectivity index (χ0n) is 10.9. The van der Waals surface area contributed by atoms with Crippen LogP contribution in [0.15, 0.2) is 23.8 Å². The van der Waals surface area contributed by atoms with Crippen LogP contribution in [0.2, 0.25) is 0 Å². The van der Waals surface area contributed by atoms with Crippen molar-refractivity contribution in [2.45, 2.75) is 20.4 Å².